The monoisotopic (exact) mass is 127 g/mol. The molecule has 0 aromatic heterocycles. The van der Waals surface area contributed by atoms with Crippen molar-refractivity contribution in [1.29, 1.82) is 0 Å². The Labute approximate surface area is 55.1 Å². The van der Waals surface area contributed by atoms with Gasteiger partial charge in [0.1, 0.15) is 0 Å². The van der Waals surface area contributed by atoms with Crippen molar-refractivity contribution in [3.05, 3.63) is 12.7 Å². The molecule has 0 saturated carbocycles. The van der Waals surface area contributed by atoms with Gasteiger partial charge in [0.25, 0.3) is 0 Å². The van der Waals surface area contributed by atoms with Gasteiger partial charge in [-0.2, -0.15) is 0 Å². The number of hydrogen-bond donors (Lipinski definition) is 0. The molecule has 1 atom stereocenters. The zero-order chi connectivity index (χ0) is 6.41. The molecule has 8 heavy (non-hydrogen) atoms. The third-order valence-corrected chi connectivity index (χ3v) is 0.886. The van der Waals surface area contributed by atoms with Crippen LogP contribution in [-0.2, 0) is 0 Å². The van der Waals surface area contributed by atoms with Gasteiger partial charge < -0.3 is 0 Å². The van der Waals surface area contributed by atoms with E-state index in [-0.39, 0.29) is 6.04 Å². The van der Waals surface area contributed by atoms with E-state index < -0.39 is 0 Å². The minimum atomic E-state index is 0.255. The van der Waals surface area contributed by atoms with Crippen LogP contribution in [0, 0.1) is 0 Å². The summed E-state index contributed by atoms with van der Waals surface area (Å²) < 4.78 is 0. The van der Waals surface area contributed by atoms with Crippen LogP contribution in [0.25, 0.3) is 0 Å². The molecule has 0 radical (unpaired) electrons. The van der Waals surface area contributed by atoms with E-state index in [1.165, 1.54) is 0 Å². The molecule has 0 N–H and O–H groups in total. The Kier molecular flexibility index (Phi) is 4.42. The Hall–Kier alpha value is -0.460. The SMILES string of the molecule is C=CCC(C)N=C=S. The van der Waals surface area contributed by atoms with Gasteiger partial charge in [-0.25, -0.2) is 4.99 Å². The third kappa shape index (κ3) is 3.72. The van der Waals surface area contributed by atoms with E-state index in [0.29, 0.717) is 0 Å². The van der Waals surface area contributed by atoms with E-state index >= 15 is 0 Å². The Morgan fingerprint density at radius 3 is 3.00 bits per heavy atom. The Morgan fingerprint density at radius 1 is 2.00 bits per heavy atom. The van der Waals surface area contributed by atoms with Crippen LogP contribution in [0.1, 0.15) is 13.3 Å². The Balaban J connectivity index is 3.46. The number of aliphatic imine (C=N–C) groups is 1. The number of nitrogens with zero attached hydrogens (tertiary/aromatic N) is 1. The normalized spacial score (nSPS) is 11.6. The van der Waals surface area contributed by atoms with Gasteiger partial charge in [0.05, 0.1) is 11.2 Å². The smallest absolute Gasteiger partial charge is 0.0608 e. The van der Waals surface area contributed by atoms with Gasteiger partial charge >= 0.3 is 0 Å². The molecule has 0 fully saturated rings. The first-order valence-corrected chi connectivity index (χ1v) is 2.90. The van der Waals surface area contributed by atoms with Crippen molar-refractivity contribution in [3.8, 4) is 0 Å². The molecule has 0 bridgehead atoms. The summed E-state index contributed by atoms with van der Waals surface area (Å²) in [5.74, 6) is 0. The van der Waals surface area contributed by atoms with E-state index in [2.05, 4.69) is 29.0 Å². The summed E-state index contributed by atoms with van der Waals surface area (Å²) in [7, 11) is 0. The maximum atomic E-state index is 4.39. The van der Waals surface area contributed by atoms with Gasteiger partial charge in [-0.3, -0.25) is 0 Å². The summed E-state index contributed by atoms with van der Waals surface area (Å²) in [5, 5.41) is 2.31. The standard InChI is InChI=1S/C6H9NS/c1-3-4-6(2)7-5-8/h3,6H,1,4H2,2H3. The van der Waals surface area contributed by atoms with Crippen molar-refractivity contribution in [2.45, 2.75) is 19.4 Å². The second-order valence-electron chi connectivity index (χ2n) is 1.59. The van der Waals surface area contributed by atoms with Gasteiger partial charge in [-0.05, 0) is 25.6 Å². The van der Waals surface area contributed by atoms with Crippen LogP contribution in [0.4, 0.5) is 0 Å². The number of thiocarbonyl (C=S) groups is 1. The van der Waals surface area contributed by atoms with Crippen LogP contribution in [0.3, 0.4) is 0 Å². The molecular weight excluding hydrogens is 118 g/mol. The van der Waals surface area contributed by atoms with Crippen LogP contribution < -0.4 is 0 Å². The molecule has 2 heteroatoms. The van der Waals surface area contributed by atoms with Gasteiger partial charge in [0, 0.05) is 0 Å². The first-order chi connectivity index (χ1) is 3.81. The van der Waals surface area contributed by atoms with Crippen LogP contribution >= 0.6 is 12.2 Å². The van der Waals surface area contributed by atoms with E-state index in [9.17, 15) is 0 Å². The summed E-state index contributed by atoms with van der Waals surface area (Å²) >= 11 is 4.39. The van der Waals surface area contributed by atoms with Gasteiger partial charge in [-0.15, -0.1) is 6.58 Å². The van der Waals surface area contributed by atoms with E-state index in [1.54, 1.807) is 0 Å². The Bertz CT molecular complexity index is 114. The quantitative estimate of drug-likeness (QED) is 0.321. The lowest BCUT2D eigenvalue weighted by Gasteiger charge is -1.94. The first kappa shape index (κ1) is 7.54. The van der Waals surface area contributed by atoms with Gasteiger partial charge in [-0.1, -0.05) is 6.08 Å². The summed E-state index contributed by atoms with van der Waals surface area (Å²) in [6.07, 6.45) is 2.70. The van der Waals surface area contributed by atoms with Crippen molar-refractivity contribution in [3.63, 3.8) is 0 Å². The number of isothiocyanates is 1. The van der Waals surface area contributed by atoms with Gasteiger partial charge in [0.15, 0.2) is 0 Å². The lowest BCUT2D eigenvalue weighted by molar-refractivity contribution is 0.766. The molecule has 0 spiro atoms. The summed E-state index contributed by atoms with van der Waals surface area (Å²) in [6.45, 7) is 5.53. The minimum absolute atomic E-state index is 0.255. The Morgan fingerprint density at radius 2 is 2.62 bits per heavy atom. The molecule has 0 rings (SSSR count). The van der Waals surface area contributed by atoms with E-state index in [1.807, 2.05) is 13.0 Å². The van der Waals surface area contributed by atoms with Crippen LogP contribution in [0.5, 0.6) is 0 Å². The second kappa shape index (κ2) is 4.69. The van der Waals surface area contributed by atoms with Crippen molar-refractivity contribution in [1.82, 2.24) is 0 Å². The fourth-order valence-electron chi connectivity index (χ4n) is 0.384. The molecule has 0 saturated heterocycles. The molecule has 0 aromatic rings. The number of rotatable bonds is 3. The molecule has 0 aliphatic heterocycles. The fourth-order valence-corrected chi connectivity index (χ4v) is 0.564. The summed E-state index contributed by atoms with van der Waals surface area (Å²) in [5.41, 5.74) is 0. The summed E-state index contributed by atoms with van der Waals surface area (Å²) in [6, 6.07) is 0.255. The molecule has 0 aliphatic rings. The van der Waals surface area contributed by atoms with Crippen molar-refractivity contribution < 1.29 is 0 Å². The molecule has 44 valence electrons. The van der Waals surface area contributed by atoms with E-state index in [0.717, 1.165) is 6.42 Å². The highest BCUT2D eigenvalue weighted by atomic mass is 32.1. The van der Waals surface area contributed by atoms with Crippen LogP contribution in [-0.4, -0.2) is 11.2 Å². The van der Waals surface area contributed by atoms with Crippen molar-refractivity contribution in [2.75, 3.05) is 0 Å². The highest BCUT2D eigenvalue weighted by Gasteiger charge is 1.89. The summed E-state index contributed by atoms with van der Waals surface area (Å²) in [4.78, 5) is 3.81. The van der Waals surface area contributed by atoms with Gasteiger partial charge in [0.2, 0.25) is 0 Å². The molecule has 0 aromatic carbocycles. The second-order valence-corrected chi connectivity index (χ2v) is 1.78. The number of hydrogen-bond acceptors (Lipinski definition) is 2. The average Bonchev–Trinajstić information content (AvgIpc) is 1.68. The molecular formula is C6H9NS. The lowest BCUT2D eigenvalue weighted by Crippen LogP contribution is -1.92. The zero-order valence-electron chi connectivity index (χ0n) is 4.92. The predicted molar refractivity (Wildman–Crippen MR) is 39.3 cm³/mol. The fraction of sp³-hybridized carbons (Fsp3) is 0.500. The molecule has 1 nitrogen and oxygen atoms in total. The average molecular weight is 127 g/mol. The zero-order valence-corrected chi connectivity index (χ0v) is 5.74. The van der Waals surface area contributed by atoms with Crippen LogP contribution in [0.15, 0.2) is 17.6 Å². The third-order valence-electron chi connectivity index (χ3n) is 0.781. The molecule has 0 amide bonds. The largest absolute Gasteiger partial charge is 0.229 e. The highest BCUT2D eigenvalue weighted by Crippen LogP contribution is 1.93. The lowest BCUT2D eigenvalue weighted by atomic mass is 10.2. The maximum absolute atomic E-state index is 4.39. The molecule has 0 heterocycles. The topological polar surface area (TPSA) is 12.4 Å². The molecule has 1 unspecified atom stereocenters. The first-order valence-electron chi connectivity index (χ1n) is 2.49. The highest BCUT2D eigenvalue weighted by molar-refractivity contribution is 7.78. The molecule has 0 aliphatic carbocycles. The van der Waals surface area contributed by atoms with Crippen molar-refractivity contribution in [2.24, 2.45) is 4.99 Å². The predicted octanol–water partition coefficient (Wildman–Crippen LogP) is 2.05. The van der Waals surface area contributed by atoms with Crippen LogP contribution in [0.2, 0.25) is 0 Å². The van der Waals surface area contributed by atoms with Crippen molar-refractivity contribution >= 4 is 17.4 Å². The minimum Gasteiger partial charge on any atom is -0.229 e. The maximum Gasteiger partial charge on any atom is 0.0608 e. The van der Waals surface area contributed by atoms with E-state index in [4.69, 9.17) is 0 Å².